The monoisotopic (exact) mass is 219 g/mol. The Morgan fingerprint density at radius 3 is 2.38 bits per heavy atom. The summed E-state index contributed by atoms with van der Waals surface area (Å²) in [6.45, 7) is 2.33. The number of rotatable bonds is 4. The normalized spacial score (nSPS) is 10.3. The molecule has 1 aromatic rings. The molecule has 1 aromatic carbocycles. The van der Waals surface area contributed by atoms with Gasteiger partial charge in [0.15, 0.2) is 0 Å². The fraction of sp³-hybridized carbons (Fsp3) is 0.167. The first-order valence-corrected chi connectivity index (χ1v) is 4.92. The summed E-state index contributed by atoms with van der Waals surface area (Å²) >= 11 is 0. The van der Waals surface area contributed by atoms with Crippen LogP contribution in [0, 0.1) is 0 Å². The lowest BCUT2D eigenvalue weighted by Gasteiger charge is -2.18. The van der Waals surface area contributed by atoms with E-state index in [1.165, 1.54) is 4.90 Å². The second-order valence-corrected chi connectivity index (χ2v) is 3.09. The van der Waals surface area contributed by atoms with Gasteiger partial charge in [-0.15, -0.1) is 0 Å². The number of carbonyl (C=O) groups is 2. The maximum atomic E-state index is 11.7. The molecule has 0 atom stereocenters. The largest absolute Gasteiger partial charge is 0.478 e. The van der Waals surface area contributed by atoms with E-state index in [1.54, 1.807) is 12.1 Å². The fourth-order valence-corrected chi connectivity index (χ4v) is 1.31. The Bertz CT molecular complexity index is 398. The molecule has 0 aliphatic heterocycles. The van der Waals surface area contributed by atoms with Gasteiger partial charge in [0.25, 0.3) is 5.91 Å². The van der Waals surface area contributed by atoms with E-state index in [9.17, 15) is 9.59 Å². The molecule has 0 saturated heterocycles. The van der Waals surface area contributed by atoms with Gasteiger partial charge in [-0.05, 0) is 19.1 Å². The summed E-state index contributed by atoms with van der Waals surface area (Å²) in [5, 5.41) is 8.43. The van der Waals surface area contributed by atoms with Crippen LogP contribution in [0.5, 0.6) is 0 Å². The molecule has 0 radical (unpaired) electrons. The van der Waals surface area contributed by atoms with E-state index in [0.717, 1.165) is 17.8 Å². The van der Waals surface area contributed by atoms with Gasteiger partial charge >= 0.3 is 5.97 Å². The standard InChI is InChI=1S/C12H13NO3/c1-2-13(10-6-4-3-5-7-10)11(14)8-9-12(15)16/h3-9H,2H2,1H3,(H,15,16)/b9-8+. The van der Waals surface area contributed by atoms with Crippen molar-refractivity contribution in [3.63, 3.8) is 0 Å². The zero-order valence-electron chi connectivity index (χ0n) is 8.96. The topological polar surface area (TPSA) is 57.6 Å². The van der Waals surface area contributed by atoms with Gasteiger partial charge in [0.05, 0.1) is 0 Å². The Kier molecular flexibility index (Phi) is 4.27. The van der Waals surface area contributed by atoms with Crippen LogP contribution in [0.25, 0.3) is 0 Å². The molecule has 0 bridgehead atoms. The van der Waals surface area contributed by atoms with Crippen molar-refractivity contribution in [3.8, 4) is 0 Å². The van der Waals surface area contributed by atoms with Crippen LogP contribution in [0.3, 0.4) is 0 Å². The Morgan fingerprint density at radius 1 is 1.25 bits per heavy atom. The summed E-state index contributed by atoms with van der Waals surface area (Å²) in [6.07, 6.45) is 1.90. The molecular weight excluding hydrogens is 206 g/mol. The number of hydrogen-bond acceptors (Lipinski definition) is 2. The molecule has 1 amide bonds. The summed E-state index contributed by atoms with van der Waals surface area (Å²) in [5.41, 5.74) is 0.755. The average Bonchev–Trinajstić information content (AvgIpc) is 2.29. The number of likely N-dealkylation sites (N-methyl/N-ethyl adjacent to an activating group) is 1. The smallest absolute Gasteiger partial charge is 0.328 e. The van der Waals surface area contributed by atoms with Crippen molar-refractivity contribution < 1.29 is 14.7 Å². The highest BCUT2D eigenvalue weighted by Gasteiger charge is 2.10. The third-order valence-electron chi connectivity index (χ3n) is 2.02. The minimum absolute atomic E-state index is 0.337. The SMILES string of the molecule is CCN(C(=O)/C=C/C(=O)O)c1ccccc1. The molecule has 0 fully saturated rings. The number of hydrogen-bond donors (Lipinski definition) is 1. The maximum absolute atomic E-state index is 11.7. The van der Waals surface area contributed by atoms with E-state index in [-0.39, 0.29) is 5.91 Å². The number of anilines is 1. The van der Waals surface area contributed by atoms with Gasteiger partial charge < -0.3 is 10.0 Å². The van der Waals surface area contributed by atoms with Gasteiger partial charge in [-0.25, -0.2) is 4.79 Å². The van der Waals surface area contributed by atoms with Gasteiger partial charge in [-0.1, -0.05) is 18.2 Å². The van der Waals surface area contributed by atoms with E-state index in [2.05, 4.69) is 0 Å². The van der Waals surface area contributed by atoms with Gasteiger partial charge in [-0.3, -0.25) is 4.79 Å². The minimum atomic E-state index is -1.13. The summed E-state index contributed by atoms with van der Waals surface area (Å²) in [7, 11) is 0. The molecule has 0 aliphatic rings. The van der Waals surface area contributed by atoms with Crippen molar-refractivity contribution in [2.24, 2.45) is 0 Å². The molecule has 0 unspecified atom stereocenters. The lowest BCUT2D eigenvalue weighted by Crippen LogP contribution is -2.28. The van der Waals surface area contributed by atoms with Gasteiger partial charge in [0.1, 0.15) is 0 Å². The molecule has 0 aliphatic carbocycles. The number of carbonyl (C=O) groups excluding carboxylic acids is 1. The van der Waals surface area contributed by atoms with Gasteiger partial charge in [0.2, 0.25) is 0 Å². The Labute approximate surface area is 93.8 Å². The number of nitrogens with zero attached hydrogens (tertiary/aromatic N) is 1. The molecule has 84 valence electrons. The van der Waals surface area contributed by atoms with Crippen molar-refractivity contribution in [1.82, 2.24) is 0 Å². The number of aliphatic carboxylic acids is 1. The molecule has 16 heavy (non-hydrogen) atoms. The van der Waals surface area contributed by atoms with Crippen LogP contribution in [0.4, 0.5) is 5.69 Å². The highest BCUT2D eigenvalue weighted by molar-refractivity contribution is 6.03. The molecule has 4 heteroatoms. The second kappa shape index (κ2) is 5.70. The summed E-state index contributed by atoms with van der Waals surface area (Å²) in [6, 6.07) is 9.11. The van der Waals surface area contributed by atoms with Crippen molar-refractivity contribution in [1.29, 1.82) is 0 Å². The lowest BCUT2D eigenvalue weighted by molar-refractivity contribution is -0.131. The second-order valence-electron chi connectivity index (χ2n) is 3.09. The minimum Gasteiger partial charge on any atom is -0.478 e. The van der Waals surface area contributed by atoms with Crippen LogP contribution in [0.15, 0.2) is 42.5 Å². The molecule has 0 aromatic heterocycles. The van der Waals surface area contributed by atoms with Crippen LogP contribution < -0.4 is 4.90 Å². The first-order valence-electron chi connectivity index (χ1n) is 4.92. The van der Waals surface area contributed by atoms with E-state index in [4.69, 9.17) is 5.11 Å². The first kappa shape index (κ1) is 12.0. The van der Waals surface area contributed by atoms with Crippen LogP contribution >= 0.6 is 0 Å². The molecule has 0 heterocycles. The number of carboxylic acids is 1. The number of amides is 1. The predicted octanol–water partition coefficient (Wildman–Crippen LogP) is 1.68. The third-order valence-corrected chi connectivity index (χ3v) is 2.02. The van der Waals surface area contributed by atoms with Gasteiger partial charge in [-0.2, -0.15) is 0 Å². The molecule has 0 saturated carbocycles. The zero-order valence-corrected chi connectivity index (χ0v) is 8.96. The van der Waals surface area contributed by atoms with Crippen LogP contribution in [-0.2, 0) is 9.59 Å². The van der Waals surface area contributed by atoms with Crippen LogP contribution in [-0.4, -0.2) is 23.5 Å². The third kappa shape index (κ3) is 3.24. The quantitative estimate of drug-likeness (QED) is 0.784. The van der Waals surface area contributed by atoms with Crippen molar-refractivity contribution in [3.05, 3.63) is 42.5 Å². The number of benzene rings is 1. The highest BCUT2D eigenvalue weighted by Crippen LogP contribution is 2.13. The van der Waals surface area contributed by atoms with Crippen LogP contribution in [0.1, 0.15) is 6.92 Å². The maximum Gasteiger partial charge on any atom is 0.328 e. The van der Waals surface area contributed by atoms with Crippen molar-refractivity contribution in [2.75, 3.05) is 11.4 Å². The highest BCUT2D eigenvalue weighted by atomic mass is 16.4. The van der Waals surface area contributed by atoms with Gasteiger partial charge in [0, 0.05) is 24.4 Å². The Balaban J connectivity index is 2.83. The molecule has 0 spiro atoms. The molecule has 1 rings (SSSR count). The zero-order chi connectivity index (χ0) is 12.0. The van der Waals surface area contributed by atoms with E-state index in [0.29, 0.717) is 6.54 Å². The molecular formula is C12H13NO3. The molecule has 4 nitrogen and oxygen atoms in total. The Hall–Kier alpha value is -2.10. The fourth-order valence-electron chi connectivity index (χ4n) is 1.31. The van der Waals surface area contributed by atoms with E-state index < -0.39 is 5.97 Å². The average molecular weight is 219 g/mol. The lowest BCUT2D eigenvalue weighted by atomic mass is 10.3. The molecule has 1 N–H and O–H groups in total. The summed E-state index contributed by atoms with van der Waals surface area (Å²) in [5.74, 6) is -1.46. The van der Waals surface area contributed by atoms with E-state index >= 15 is 0 Å². The first-order chi connectivity index (χ1) is 7.65. The van der Waals surface area contributed by atoms with Crippen molar-refractivity contribution >= 4 is 17.6 Å². The Morgan fingerprint density at radius 2 is 1.88 bits per heavy atom. The summed E-state index contributed by atoms with van der Waals surface area (Å²) in [4.78, 5) is 23.4. The van der Waals surface area contributed by atoms with Crippen LogP contribution in [0.2, 0.25) is 0 Å². The number of carboxylic acid groups (broad SMARTS) is 1. The van der Waals surface area contributed by atoms with E-state index in [1.807, 2.05) is 25.1 Å². The number of para-hydroxylation sites is 1. The van der Waals surface area contributed by atoms with Crippen molar-refractivity contribution in [2.45, 2.75) is 6.92 Å². The summed E-state index contributed by atoms with van der Waals surface area (Å²) < 4.78 is 0. The predicted molar refractivity (Wildman–Crippen MR) is 61.2 cm³/mol.